The van der Waals surface area contributed by atoms with E-state index in [4.69, 9.17) is 4.74 Å². The highest BCUT2D eigenvalue weighted by atomic mass is 19.4. The SMILES string of the molecule is CN1CCCC(CNC(=O)CC2OCCc3ccccc32)C1c1ccc(C(F)(F)F)cc1. The molecule has 0 bridgehead atoms. The number of hydrogen-bond acceptors (Lipinski definition) is 3. The van der Waals surface area contributed by atoms with Gasteiger partial charge in [0, 0.05) is 12.6 Å². The number of ether oxygens (including phenoxy) is 1. The van der Waals surface area contributed by atoms with Crippen LogP contribution in [0.3, 0.4) is 0 Å². The molecule has 0 aromatic heterocycles. The van der Waals surface area contributed by atoms with E-state index in [0.717, 1.165) is 49.1 Å². The lowest BCUT2D eigenvalue weighted by atomic mass is 9.84. The predicted octanol–water partition coefficient (Wildman–Crippen LogP) is 4.91. The third-order valence-electron chi connectivity index (χ3n) is 6.61. The topological polar surface area (TPSA) is 41.6 Å². The summed E-state index contributed by atoms with van der Waals surface area (Å²) in [4.78, 5) is 14.9. The molecule has 3 atom stereocenters. The summed E-state index contributed by atoms with van der Waals surface area (Å²) in [5.41, 5.74) is 2.52. The molecule has 2 heterocycles. The molecule has 1 N–H and O–H groups in total. The molecule has 2 aliphatic rings. The number of carbonyl (C=O) groups is 1. The van der Waals surface area contributed by atoms with Gasteiger partial charge in [0.2, 0.25) is 5.91 Å². The molecule has 32 heavy (non-hydrogen) atoms. The normalized spacial score (nSPS) is 24.1. The van der Waals surface area contributed by atoms with Crippen molar-refractivity contribution in [2.24, 2.45) is 5.92 Å². The van der Waals surface area contributed by atoms with Crippen molar-refractivity contribution in [2.45, 2.75) is 44.0 Å². The van der Waals surface area contributed by atoms with Crippen molar-refractivity contribution in [3.63, 3.8) is 0 Å². The molecular weight excluding hydrogens is 417 g/mol. The minimum Gasteiger partial charge on any atom is -0.373 e. The molecule has 2 aromatic rings. The quantitative estimate of drug-likeness (QED) is 0.710. The maximum absolute atomic E-state index is 12.9. The smallest absolute Gasteiger partial charge is 0.373 e. The molecule has 1 amide bonds. The summed E-state index contributed by atoms with van der Waals surface area (Å²) in [6.07, 6.45) is -1.54. The second-order valence-corrected chi connectivity index (χ2v) is 8.76. The molecule has 1 fully saturated rings. The van der Waals surface area contributed by atoms with Crippen LogP contribution in [0.1, 0.15) is 53.7 Å². The number of piperidine rings is 1. The average Bonchev–Trinajstić information content (AvgIpc) is 2.77. The number of amides is 1. The van der Waals surface area contributed by atoms with Gasteiger partial charge in [-0.2, -0.15) is 13.2 Å². The van der Waals surface area contributed by atoms with Crippen molar-refractivity contribution >= 4 is 5.91 Å². The molecule has 4 rings (SSSR count). The molecule has 7 heteroatoms. The highest BCUT2D eigenvalue weighted by molar-refractivity contribution is 5.76. The van der Waals surface area contributed by atoms with Crippen molar-refractivity contribution in [3.05, 3.63) is 70.8 Å². The largest absolute Gasteiger partial charge is 0.416 e. The summed E-state index contributed by atoms with van der Waals surface area (Å²) in [6, 6.07) is 13.5. The van der Waals surface area contributed by atoms with Crippen molar-refractivity contribution in [3.8, 4) is 0 Å². The molecule has 2 aliphatic heterocycles. The van der Waals surface area contributed by atoms with Crippen molar-refractivity contribution in [1.82, 2.24) is 10.2 Å². The molecular formula is C25H29F3N2O2. The van der Waals surface area contributed by atoms with E-state index < -0.39 is 11.7 Å². The molecule has 172 valence electrons. The van der Waals surface area contributed by atoms with Crippen LogP contribution in [0, 0.1) is 5.92 Å². The molecule has 0 aliphatic carbocycles. The third-order valence-corrected chi connectivity index (χ3v) is 6.61. The number of likely N-dealkylation sites (tertiary alicyclic amines) is 1. The Kier molecular flexibility index (Phi) is 6.86. The molecule has 1 saturated heterocycles. The average molecular weight is 447 g/mol. The van der Waals surface area contributed by atoms with Crippen LogP contribution in [0.25, 0.3) is 0 Å². The van der Waals surface area contributed by atoms with E-state index in [1.54, 1.807) is 12.1 Å². The van der Waals surface area contributed by atoms with E-state index in [2.05, 4.69) is 16.3 Å². The van der Waals surface area contributed by atoms with E-state index in [9.17, 15) is 18.0 Å². The highest BCUT2D eigenvalue weighted by Gasteiger charge is 2.33. The van der Waals surface area contributed by atoms with Gasteiger partial charge in [-0.1, -0.05) is 36.4 Å². The Morgan fingerprint density at radius 2 is 1.91 bits per heavy atom. The minimum atomic E-state index is -4.34. The van der Waals surface area contributed by atoms with E-state index in [0.29, 0.717) is 13.2 Å². The maximum Gasteiger partial charge on any atom is 0.416 e. The Morgan fingerprint density at radius 3 is 2.66 bits per heavy atom. The molecule has 2 aromatic carbocycles. The third kappa shape index (κ3) is 5.15. The fourth-order valence-corrected chi connectivity index (χ4v) is 5.00. The van der Waals surface area contributed by atoms with Gasteiger partial charge in [-0.15, -0.1) is 0 Å². The van der Waals surface area contributed by atoms with Crippen LogP contribution in [0.5, 0.6) is 0 Å². The van der Waals surface area contributed by atoms with Crippen molar-refractivity contribution in [2.75, 3.05) is 26.7 Å². The van der Waals surface area contributed by atoms with Crippen LogP contribution >= 0.6 is 0 Å². The lowest BCUT2D eigenvalue weighted by Gasteiger charge is -2.40. The summed E-state index contributed by atoms with van der Waals surface area (Å²) >= 11 is 0. The first kappa shape index (κ1) is 22.8. The highest BCUT2D eigenvalue weighted by Crippen LogP contribution is 2.37. The van der Waals surface area contributed by atoms with Crippen LogP contribution in [0.15, 0.2) is 48.5 Å². The lowest BCUT2D eigenvalue weighted by molar-refractivity contribution is -0.137. The number of alkyl halides is 3. The van der Waals surface area contributed by atoms with Gasteiger partial charge in [0.25, 0.3) is 0 Å². The number of carbonyl (C=O) groups excluding carboxylic acids is 1. The van der Waals surface area contributed by atoms with E-state index in [1.807, 2.05) is 25.2 Å². The summed E-state index contributed by atoms with van der Waals surface area (Å²) in [6.45, 7) is 1.98. The monoisotopic (exact) mass is 446 g/mol. The number of benzene rings is 2. The standard InChI is InChI=1S/C25H29F3N2O2/c1-30-13-4-6-19(24(30)18-8-10-20(11-9-18)25(26,27)28)16-29-23(31)15-22-21-7-3-2-5-17(21)12-14-32-22/h2-3,5,7-11,19,22,24H,4,6,12-16H2,1H3,(H,29,31). The predicted molar refractivity (Wildman–Crippen MR) is 116 cm³/mol. The first-order valence-corrected chi connectivity index (χ1v) is 11.2. The molecule has 0 spiro atoms. The summed E-state index contributed by atoms with van der Waals surface area (Å²) in [5, 5.41) is 3.06. The zero-order valence-corrected chi connectivity index (χ0v) is 18.2. The second-order valence-electron chi connectivity index (χ2n) is 8.76. The molecule has 0 saturated carbocycles. The van der Waals surface area contributed by atoms with Crippen molar-refractivity contribution < 1.29 is 22.7 Å². The first-order chi connectivity index (χ1) is 15.3. The fourth-order valence-electron chi connectivity index (χ4n) is 5.00. The van der Waals surface area contributed by atoms with E-state index >= 15 is 0 Å². The minimum absolute atomic E-state index is 0.0296. The number of nitrogens with zero attached hydrogens (tertiary/aromatic N) is 1. The Balaban J connectivity index is 1.40. The van der Waals surface area contributed by atoms with Gasteiger partial charge in [-0.25, -0.2) is 0 Å². The number of halogens is 3. The zero-order valence-electron chi connectivity index (χ0n) is 18.2. The van der Waals surface area contributed by atoms with Crippen LogP contribution in [-0.4, -0.2) is 37.6 Å². The maximum atomic E-state index is 12.9. The van der Waals surface area contributed by atoms with Crippen LogP contribution < -0.4 is 5.32 Å². The Hall–Kier alpha value is -2.38. The number of rotatable bonds is 5. The van der Waals surface area contributed by atoms with Gasteiger partial charge in [-0.3, -0.25) is 9.69 Å². The Bertz CT molecular complexity index is 930. The lowest BCUT2D eigenvalue weighted by Crippen LogP contribution is -2.42. The van der Waals surface area contributed by atoms with E-state index in [-0.39, 0.29) is 30.4 Å². The van der Waals surface area contributed by atoms with Crippen molar-refractivity contribution in [1.29, 1.82) is 0 Å². The summed E-state index contributed by atoms with van der Waals surface area (Å²) < 4.78 is 44.7. The van der Waals surface area contributed by atoms with Gasteiger partial charge in [-0.05, 0) is 67.6 Å². The number of nitrogens with one attached hydrogen (secondary N) is 1. The number of hydrogen-bond donors (Lipinski definition) is 1. The number of fused-ring (bicyclic) bond motifs is 1. The van der Waals surface area contributed by atoms with Gasteiger partial charge in [0.05, 0.1) is 24.7 Å². The first-order valence-electron chi connectivity index (χ1n) is 11.2. The second kappa shape index (κ2) is 9.63. The van der Waals surface area contributed by atoms with Gasteiger partial charge in [0.1, 0.15) is 0 Å². The Morgan fingerprint density at radius 1 is 1.16 bits per heavy atom. The molecule has 4 nitrogen and oxygen atoms in total. The van der Waals surface area contributed by atoms with Crippen LogP contribution in [0.2, 0.25) is 0 Å². The van der Waals surface area contributed by atoms with E-state index in [1.165, 1.54) is 5.56 Å². The zero-order chi connectivity index (χ0) is 22.7. The van der Waals surface area contributed by atoms with Gasteiger partial charge < -0.3 is 10.1 Å². The van der Waals surface area contributed by atoms with Gasteiger partial charge in [0.15, 0.2) is 0 Å². The van der Waals surface area contributed by atoms with Crippen LogP contribution in [0.4, 0.5) is 13.2 Å². The summed E-state index contributed by atoms with van der Waals surface area (Å²) in [7, 11) is 1.99. The Labute approximate surface area is 186 Å². The summed E-state index contributed by atoms with van der Waals surface area (Å²) in [5.74, 6) is 0.0695. The molecule has 3 unspecified atom stereocenters. The fraction of sp³-hybridized carbons (Fsp3) is 0.480. The van der Waals surface area contributed by atoms with Gasteiger partial charge >= 0.3 is 6.18 Å². The molecule has 0 radical (unpaired) electrons. The van der Waals surface area contributed by atoms with Crippen LogP contribution in [-0.2, 0) is 22.1 Å².